The molecule has 1 aliphatic heterocycles. The summed E-state index contributed by atoms with van der Waals surface area (Å²) in [7, 11) is 1.70. The van der Waals surface area contributed by atoms with E-state index in [-0.39, 0.29) is 11.8 Å². The fourth-order valence-corrected chi connectivity index (χ4v) is 2.56. The first kappa shape index (κ1) is 12.7. The molecule has 0 radical (unpaired) electrons. The summed E-state index contributed by atoms with van der Waals surface area (Å²) in [6.45, 7) is 3.74. The third kappa shape index (κ3) is 2.42. The zero-order valence-corrected chi connectivity index (χ0v) is 11.1. The van der Waals surface area contributed by atoms with E-state index in [4.69, 9.17) is 5.73 Å². The van der Waals surface area contributed by atoms with Crippen molar-refractivity contribution in [3.63, 3.8) is 0 Å². The Hall–Kier alpha value is -1.71. The van der Waals surface area contributed by atoms with Crippen LogP contribution in [0.3, 0.4) is 0 Å². The predicted octanol–water partition coefficient (Wildman–Crippen LogP) is 1.54. The van der Waals surface area contributed by atoms with E-state index in [9.17, 15) is 4.79 Å². The number of nitrogens with one attached hydrogen (secondary N) is 1. The third-order valence-electron chi connectivity index (χ3n) is 3.68. The summed E-state index contributed by atoms with van der Waals surface area (Å²) in [6.07, 6.45) is 1.99. The lowest BCUT2D eigenvalue weighted by Gasteiger charge is -2.34. The first-order valence-corrected chi connectivity index (χ1v) is 6.45. The molecule has 4 heteroatoms. The summed E-state index contributed by atoms with van der Waals surface area (Å²) in [5.74, 6) is 0.203. The van der Waals surface area contributed by atoms with Crippen LogP contribution in [0.25, 0.3) is 0 Å². The average molecular weight is 247 g/mol. The first-order valence-electron chi connectivity index (χ1n) is 6.45. The van der Waals surface area contributed by atoms with E-state index in [0.717, 1.165) is 42.9 Å². The van der Waals surface area contributed by atoms with E-state index < -0.39 is 0 Å². The van der Waals surface area contributed by atoms with Crippen LogP contribution >= 0.6 is 0 Å². The van der Waals surface area contributed by atoms with Gasteiger partial charge in [0, 0.05) is 20.1 Å². The smallest absolute Gasteiger partial charge is 0.224 e. The highest BCUT2D eigenvalue weighted by Gasteiger charge is 2.26. The summed E-state index contributed by atoms with van der Waals surface area (Å²) in [4.78, 5) is 14.0. The van der Waals surface area contributed by atoms with E-state index >= 15 is 0 Å². The zero-order valence-electron chi connectivity index (χ0n) is 11.1. The largest absolute Gasteiger partial charge is 0.397 e. The topological polar surface area (TPSA) is 58.4 Å². The Kier molecular flexibility index (Phi) is 3.75. The molecule has 1 heterocycles. The van der Waals surface area contributed by atoms with Crippen LogP contribution < -0.4 is 16.0 Å². The molecule has 1 aromatic rings. The second kappa shape index (κ2) is 5.29. The SMILES string of the molecule is CNC(=O)C1CCCN(c2cccc(C)c2N)C1. The Morgan fingerprint density at radius 1 is 1.50 bits per heavy atom. The Morgan fingerprint density at radius 2 is 2.28 bits per heavy atom. The summed E-state index contributed by atoms with van der Waals surface area (Å²) < 4.78 is 0. The molecule has 1 aromatic carbocycles. The number of hydrogen-bond donors (Lipinski definition) is 2. The molecule has 1 amide bonds. The van der Waals surface area contributed by atoms with E-state index in [1.807, 2.05) is 25.1 Å². The molecule has 0 aliphatic carbocycles. The van der Waals surface area contributed by atoms with Crippen molar-refractivity contribution in [2.75, 3.05) is 30.8 Å². The lowest BCUT2D eigenvalue weighted by Crippen LogP contribution is -2.42. The molecule has 1 aliphatic rings. The molecule has 1 atom stereocenters. The number of aryl methyl sites for hydroxylation is 1. The van der Waals surface area contributed by atoms with E-state index in [1.165, 1.54) is 0 Å². The van der Waals surface area contributed by atoms with Gasteiger partial charge in [0.05, 0.1) is 17.3 Å². The van der Waals surface area contributed by atoms with Crippen molar-refractivity contribution in [1.29, 1.82) is 0 Å². The van der Waals surface area contributed by atoms with Crippen molar-refractivity contribution >= 4 is 17.3 Å². The highest BCUT2D eigenvalue weighted by atomic mass is 16.1. The Bertz CT molecular complexity index is 445. The minimum Gasteiger partial charge on any atom is -0.397 e. The van der Waals surface area contributed by atoms with Crippen LogP contribution in [0, 0.1) is 12.8 Å². The molecule has 1 unspecified atom stereocenters. The lowest BCUT2D eigenvalue weighted by atomic mass is 9.96. The van der Waals surface area contributed by atoms with Gasteiger partial charge in [-0.05, 0) is 31.4 Å². The molecule has 0 aromatic heterocycles. The van der Waals surface area contributed by atoms with Gasteiger partial charge in [-0.25, -0.2) is 0 Å². The van der Waals surface area contributed by atoms with Crippen LogP contribution in [0.1, 0.15) is 18.4 Å². The van der Waals surface area contributed by atoms with Crippen molar-refractivity contribution < 1.29 is 4.79 Å². The van der Waals surface area contributed by atoms with Crippen LogP contribution in [0.2, 0.25) is 0 Å². The molecule has 18 heavy (non-hydrogen) atoms. The number of amides is 1. The Labute approximate surface area is 108 Å². The van der Waals surface area contributed by atoms with Gasteiger partial charge in [-0.3, -0.25) is 4.79 Å². The maximum absolute atomic E-state index is 11.7. The van der Waals surface area contributed by atoms with Gasteiger partial charge < -0.3 is 16.0 Å². The Morgan fingerprint density at radius 3 is 3.00 bits per heavy atom. The number of nitrogens with two attached hydrogens (primary N) is 1. The van der Waals surface area contributed by atoms with Gasteiger partial charge in [0.15, 0.2) is 0 Å². The molecule has 1 saturated heterocycles. The number of benzene rings is 1. The van der Waals surface area contributed by atoms with Crippen molar-refractivity contribution in [3.05, 3.63) is 23.8 Å². The van der Waals surface area contributed by atoms with E-state index in [1.54, 1.807) is 7.05 Å². The number of para-hydroxylation sites is 1. The number of nitrogens with zero attached hydrogens (tertiary/aromatic N) is 1. The quantitative estimate of drug-likeness (QED) is 0.779. The molecule has 0 spiro atoms. The summed E-state index contributed by atoms with van der Waals surface area (Å²) in [5.41, 5.74) is 9.11. The van der Waals surface area contributed by atoms with E-state index in [0.29, 0.717) is 0 Å². The number of nitrogen functional groups attached to an aromatic ring is 1. The van der Waals surface area contributed by atoms with Crippen LogP contribution in [-0.4, -0.2) is 26.0 Å². The number of carbonyl (C=O) groups is 1. The van der Waals surface area contributed by atoms with Gasteiger partial charge in [-0.2, -0.15) is 0 Å². The van der Waals surface area contributed by atoms with Gasteiger partial charge in [0.1, 0.15) is 0 Å². The maximum Gasteiger partial charge on any atom is 0.224 e. The fourth-order valence-electron chi connectivity index (χ4n) is 2.56. The number of carbonyl (C=O) groups excluding carboxylic acids is 1. The predicted molar refractivity (Wildman–Crippen MR) is 74.6 cm³/mol. The number of hydrogen-bond acceptors (Lipinski definition) is 3. The van der Waals surface area contributed by atoms with Gasteiger partial charge in [-0.15, -0.1) is 0 Å². The van der Waals surface area contributed by atoms with Gasteiger partial charge in [0.25, 0.3) is 0 Å². The second-order valence-electron chi connectivity index (χ2n) is 4.91. The zero-order chi connectivity index (χ0) is 13.1. The number of rotatable bonds is 2. The highest BCUT2D eigenvalue weighted by Crippen LogP contribution is 2.30. The monoisotopic (exact) mass is 247 g/mol. The average Bonchev–Trinajstić information content (AvgIpc) is 2.41. The minimum absolute atomic E-state index is 0.0728. The highest BCUT2D eigenvalue weighted by molar-refractivity contribution is 5.80. The first-order chi connectivity index (χ1) is 8.63. The third-order valence-corrected chi connectivity index (χ3v) is 3.68. The molecule has 4 nitrogen and oxygen atoms in total. The molecular formula is C14H21N3O. The maximum atomic E-state index is 11.7. The van der Waals surface area contributed by atoms with E-state index in [2.05, 4.69) is 10.2 Å². The Balaban J connectivity index is 2.18. The van der Waals surface area contributed by atoms with Crippen LogP contribution in [0.5, 0.6) is 0 Å². The van der Waals surface area contributed by atoms with Crippen molar-refractivity contribution in [2.45, 2.75) is 19.8 Å². The van der Waals surface area contributed by atoms with Gasteiger partial charge in [0.2, 0.25) is 5.91 Å². The van der Waals surface area contributed by atoms with Gasteiger partial charge in [-0.1, -0.05) is 12.1 Å². The molecule has 3 N–H and O–H groups in total. The van der Waals surface area contributed by atoms with Crippen molar-refractivity contribution in [2.24, 2.45) is 5.92 Å². The number of anilines is 2. The van der Waals surface area contributed by atoms with Crippen LogP contribution in [0.15, 0.2) is 18.2 Å². The number of piperidine rings is 1. The molecule has 1 fully saturated rings. The molecule has 98 valence electrons. The molecular weight excluding hydrogens is 226 g/mol. The normalized spacial score (nSPS) is 19.7. The molecule has 2 rings (SSSR count). The summed E-state index contributed by atoms with van der Waals surface area (Å²) >= 11 is 0. The standard InChI is InChI=1S/C14H21N3O/c1-10-5-3-7-12(13(10)15)17-8-4-6-11(9-17)14(18)16-2/h3,5,7,11H,4,6,8-9,15H2,1-2H3,(H,16,18). The molecule has 0 saturated carbocycles. The lowest BCUT2D eigenvalue weighted by molar-refractivity contribution is -0.124. The van der Waals surface area contributed by atoms with Crippen LogP contribution in [-0.2, 0) is 4.79 Å². The fraction of sp³-hybridized carbons (Fsp3) is 0.500. The summed E-state index contributed by atoms with van der Waals surface area (Å²) in [6, 6.07) is 6.07. The summed E-state index contributed by atoms with van der Waals surface area (Å²) in [5, 5.41) is 2.74. The second-order valence-corrected chi connectivity index (χ2v) is 4.91. The molecule has 0 bridgehead atoms. The minimum atomic E-state index is 0.0728. The van der Waals surface area contributed by atoms with Crippen LogP contribution in [0.4, 0.5) is 11.4 Å². The van der Waals surface area contributed by atoms with Crippen molar-refractivity contribution in [3.8, 4) is 0 Å². The van der Waals surface area contributed by atoms with Gasteiger partial charge >= 0.3 is 0 Å². The van der Waals surface area contributed by atoms with Crippen molar-refractivity contribution in [1.82, 2.24) is 5.32 Å².